The first-order valence-corrected chi connectivity index (χ1v) is 14.1. The monoisotopic (exact) mass is 558 g/mol. The molecule has 0 saturated carbocycles. The van der Waals surface area contributed by atoms with Gasteiger partial charge in [-0.1, -0.05) is 12.8 Å². The predicted octanol–water partition coefficient (Wildman–Crippen LogP) is 4.79. The van der Waals surface area contributed by atoms with Gasteiger partial charge in [0, 0.05) is 40.6 Å². The Kier molecular flexibility index (Phi) is 12.8. The van der Waals surface area contributed by atoms with E-state index in [0.29, 0.717) is 24.6 Å². The van der Waals surface area contributed by atoms with Crippen molar-refractivity contribution in [3.8, 4) is 11.5 Å². The van der Waals surface area contributed by atoms with Crippen LogP contribution < -0.4 is 9.47 Å². The van der Waals surface area contributed by atoms with Crippen LogP contribution in [0.3, 0.4) is 0 Å². The normalized spacial score (nSPS) is 11.7. The summed E-state index contributed by atoms with van der Waals surface area (Å²) in [5.74, 6) is 1.06. The van der Waals surface area contributed by atoms with E-state index in [1.165, 1.54) is 35.5 Å². The maximum absolute atomic E-state index is 12.0. The summed E-state index contributed by atoms with van der Waals surface area (Å²) < 4.78 is 12.6. The summed E-state index contributed by atoms with van der Waals surface area (Å²) in [4.78, 5) is 35.8. The van der Waals surface area contributed by atoms with Gasteiger partial charge < -0.3 is 28.2 Å². The van der Waals surface area contributed by atoms with Gasteiger partial charge in [-0.3, -0.25) is 9.97 Å². The number of aromatic nitrogens is 2. The third-order valence-electron chi connectivity index (χ3n) is 6.75. The van der Waals surface area contributed by atoms with E-state index in [9.17, 15) is 9.59 Å². The number of ether oxygens (including phenoxy) is 2. The average molecular weight is 559 g/mol. The van der Waals surface area contributed by atoms with Gasteiger partial charge in [0.1, 0.15) is 24.5 Å². The highest BCUT2D eigenvalue weighted by molar-refractivity contribution is 5.70. The van der Waals surface area contributed by atoms with E-state index in [1.807, 2.05) is 0 Å². The molecule has 2 rings (SSSR count). The molecule has 222 valence electrons. The number of pyridine rings is 2. The molecule has 0 spiro atoms. The maximum atomic E-state index is 12.0. The zero-order valence-electron chi connectivity index (χ0n) is 25.9. The Balaban J connectivity index is 1.70. The van der Waals surface area contributed by atoms with Gasteiger partial charge in [0.2, 0.25) is 0 Å². The first-order valence-electron chi connectivity index (χ1n) is 14.1. The molecule has 0 aliphatic carbocycles. The maximum Gasteiger partial charge on any atom is 0.414 e. The number of nitrogens with zero attached hydrogens (tertiary/aromatic N) is 6. The Bertz CT molecular complexity index is 1000. The van der Waals surface area contributed by atoms with Crippen molar-refractivity contribution in [2.24, 2.45) is 0 Å². The topological polar surface area (TPSA) is 84.9 Å². The van der Waals surface area contributed by atoms with Gasteiger partial charge in [0.25, 0.3) is 0 Å². The number of carbonyl (C=O) groups is 2. The second-order valence-corrected chi connectivity index (χ2v) is 12.2. The number of carbonyl (C=O) groups excluding carboxylic acids is 2. The van der Waals surface area contributed by atoms with Crippen LogP contribution in [0.15, 0.2) is 36.7 Å². The first kappa shape index (κ1) is 33.0. The SMILES string of the molecule is CN(C)C(=O)Oc1cccnc1C[N+](C)(C)CCCCCCCC[N+](C)(C)Cc1ncccc1OC(=O)N(C)C. The molecule has 40 heavy (non-hydrogen) atoms. The van der Waals surface area contributed by atoms with Gasteiger partial charge >= 0.3 is 12.2 Å². The largest absolute Gasteiger partial charge is 0.414 e. The summed E-state index contributed by atoms with van der Waals surface area (Å²) >= 11 is 0. The van der Waals surface area contributed by atoms with E-state index in [1.54, 1.807) is 64.8 Å². The highest BCUT2D eigenvalue weighted by Crippen LogP contribution is 2.22. The van der Waals surface area contributed by atoms with E-state index in [2.05, 4.69) is 38.2 Å². The molecule has 2 aromatic rings. The fraction of sp³-hybridized carbons (Fsp3) is 0.600. The van der Waals surface area contributed by atoms with E-state index in [0.717, 1.165) is 46.3 Å². The number of hydrogen-bond acceptors (Lipinski definition) is 6. The van der Waals surface area contributed by atoms with E-state index >= 15 is 0 Å². The van der Waals surface area contributed by atoms with Gasteiger partial charge in [-0.2, -0.15) is 0 Å². The first-order chi connectivity index (χ1) is 18.8. The highest BCUT2D eigenvalue weighted by Gasteiger charge is 2.22. The summed E-state index contributed by atoms with van der Waals surface area (Å²) in [6.07, 6.45) is 9.81. The van der Waals surface area contributed by atoms with Crippen LogP contribution in [0.25, 0.3) is 0 Å². The lowest BCUT2D eigenvalue weighted by Gasteiger charge is -2.30. The molecule has 0 bridgehead atoms. The molecule has 0 fully saturated rings. The van der Waals surface area contributed by atoms with Crippen molar-refractivity contribution in [3.05, 3.63) is 48.0 Å². The predicted molar refractivity (Wildman–Crippen MR) is 157 cm³/mol. The van der Waals surface area contributed by atoms with Crippen LogP contribution in [0, 0.1) is 0 Å². The Morgan fingerprint density at radius 1 is 0.650 bits per heavy atom. The average Bonchev–Trinajstić information content (AvgIpc) is 2.87. The molecule has 2 amide bonds. The number of hydrogen-bond donors (Lipinski definition) is 0. The zero-order valence-corrected chi connectivity index (χ0v) is 25.9. The van der Waals surface area contributed by atoms with Crippen molar-refractivity contribution in [1.29, 1.82) is 0 Å². The quantitative estimate of drug-likeness (QED) is 0.231. The smallest absolute Gasteiger partial charge is 0.408 e. The molecule has 0 atom stereocenters. The Morgan fingerprint density at radius 3 is 1.35 bits per heavy atom. The molecule has 0 saturated heterocycles. The van der Waals surface area contributed by atoms with Gasteiger partial charge in [0.05, 0.1) is 41.3 Å². The fourth-order valence-electron chi connectivity index (χ4n) is 4.40. The minimum absolute atomic E-state index is 0.395. The summed E-state index contributed by atoms with van der Waals surface area (Å²) in [6.45, 7) is 3.48. The van der Waals surface area contributed by atoms with Crippen molar-refractivity contribution in [2.75, 3.05) is 69.5 Å². The van der Waals surface area contributed by atoms with E-state index in [4.69, 9.17) is 9.47 Å². The van der Waals surface area contributed by atoms with Crippen molar-refractivity contribution in [1.82, 2.24) is 19.8 Å². The second kappa shape index (κ2) is 15.5. The van der Waals surface area contributed by atoms with Crippen LogP contribution in [0.2, 0.25) is 0 Å². The molecule has 0 N–H and O–H groups in total. The van der Waals surface area contributed by atoms with Crippen molar-refractivity contribution >= 4 is 12.2 Å². The molecule has 10 nitrogen and oxygen atoms in total. The number of rotatable bonds is 15. The third-order valence-corrected chi connectivity index (χ3v) is 6.75. The van der Waals surface area contributed by atoms with Crippen LogP contribution in [0.5, 0.6) is 11.5 Å². The lowest BCUT2D eigenvalue weighted by molar-refractivity contribution is -0.904. The van der Waals surface area contributed by atoms with E-state index < -0.39 is 12.2 Å². The van der Waals surface area contributed by atoms with Crippen LogP contribution in [-0.2, 0) is 13.1 Å². The number of unbranched alkanes of at least 4 members (excludes halogenated alkanes) is 5. The molecule has 0 unspecified atom stereocenters. The van der Waals surface area contributed by atoms with E-state index in [-0.39, 0.29) is 0 Å². The Labute approximate surface area is 240 Å². The number of quaternary nitrogens is 2. The molecule has 2 heterocycles. The molecule has 0 aromatic carbocycles. The third kappa shape index (κ3) is 11.9. The molecule has 10 heteroatoms. The molecular weight excluding hydrogens is 508 g/mol. The Morgan fingerprint density at radius 2 is 1.00 bits per heavy atom. The van der Waals surface area contributed by atoms with Crippen LogP contribution in [0.4, 0.5) is 9.59 Å². The van der Waals surface area contributed by atoms with Crippen LogP contribution >= 0.6 is 0 Å². The van der Waals surface area contributed by atoms with Crippen molar-refractivity contribution < 1.29 is 28.0 Å². The highest BCUT2D eigenvalue weighted by atomic mass is 16.6. The molecule has 0 aliphatic rings. The lowest BCUT2D eigenvalue weighted by atomic mass is 10.1. The molecule has 0 aliphatic heterocycles. The van der Waals surface area contributed by atoms with Crippen molar-refractivity contribution in [3.63, 3.8) is 0 Å². The standard InChI is InChI=1S/C30H50N6O4/c1-33(2)29(37)39-27-17-15-19-31-25(27)23-35(5,6)21-13-11-9-10-12-14-22-36(7,8)24-26-28(18-16-20-32-26)40-30(38)34(3)4/h15-20H,9-14,21-24H2,1-8H3/q+2. The lowest BCUT2D eigenvalue weighted by Crippen LogP contribution is -2.40. The molecule has 2 aromatic heterocycles. The molecular formula is C30H50N6O4+2. The summed E-state index contributed by atoms with van der Waals surface area (Å²) in [5, 5.41) is 0. The van der Waals surface area contributed by atoms with Gasteiger partial charge in [-0.25, -0.2) is 9.59 Å². The minimum atomic E-state index is -0.395. The van der Waals surface area contributed by atoms with Crippen molar-refractivity contribution in [2.45, 2.75) is 51.6 Å². The van der Waals surface area contributed by atoms with Crippen LogP contribution in [-0.4, -0.2) is 110 Å². The van der Waals surface area contributed by atoms with Gasteiger partial charge in [-0.15, -0.1) is 0 Å². The zero-order chi connectivity index (χ0) is 29.8. The summed E-state index contributed by atoms with van der Waals surface area (Å²) in [5.41, 5.74) is 1.61. The minimum Gasteiger partial charge on any atom is -0.408 e. The van der Waals surface area contributed by atoms with Gasteiger partial charge in [0.15, 0.2) is 11.5 Å². The number of amides is 2. The summed E-state index contributed by atoms with van der Waals surface area (Å²) in [6, 6.07) is 7.19. The summed E-state index contributed by atoms with van der Waals surface area (Å²) in [7, 11) is 15.5. The van der Waals surface area contributed by atoms with Crippen LogP contribution in [0.1, 0.15) is 49.9 Å². The Hall–Kier alpha value is -3.24. The molecule has 0 radical (unpaired) electrons. The second-order valence-electron chi connectivity index (χ2n) is 12.2. The van der Waals surface area contributed by atoms with Gasteiger partial charge in [-0.05, 0) is 49.9 Å². The fourth-order valence-corrected chi connectivity index (χ4v) is 4.40.